The molecule has 0 aromatic carbocycles. The second-order valence-corrected chi connectivity index (χ2v) is 5.85. The number of aromatic amines is 2. The van der Waals surface area contributed by atoms with Crippen LogP contribution in [0.15, 0.2) is 18.6 Å². The molecule has 8 nitrogen and oxygen atoms in total. The zero-order chi connectivity index (χ0) is 16.9. The molecule has 1 aliphatic rings. The van der Waals surface area contributed by atoms with Crippen LogP contribution in [-0.2, 0) is 14.4 Å². The van der Waals surface area contributed by atoms with E-state index < -0.39 is 11.9 Å². The molecule has 3 N–H and O–H groups in total. The number of imidazole rings is 1. The van der Waals surface area contributed by atoms with Gasteiger partial charge in [0.05, 0.1) is 17.6 Å². The Kier molecular flexibility index (Phi) is 5.05. The van der Waals surface area contributed by atoms with Crippen LogP contribution in [0.2, 0.25) is 0 Å². The largest absolute Gasteiger partial charge is 0.377 e. The Morgan fingerprint density at radius 2 is 2.42 bits per heavy atom. The molecule has 1 fully saturated rings. The maximum absolute atomic E-state index is 12.2. The maximum Gasteiger partial charge on any atom is 0.337 e. The van der Waals surface area contributed by atoms with Crippen LogP contribution >= 0.6 is 0 Å². The third-order valence-corrected chi connectivity index (χ3v) is 4.19. The van der Waals surface area contributed by atoms with E-state index in [0.717, 1.165) is 19.3 Å². The second-order valence-electron chi connectivity index (χ2n) is 5.85. The third kappa shape index (κ3) is 3.53. The summed E-state index contributed by atoms with van der Waals surface area (Å²) in [6.07, 6.45) is 6.41. The summed E-state index contributed by atoms with van der Waals surface area (Å²) in [6, 6.07) is 1.63. The van der Waals surface area contributed by atoms with E-state index in [-0.39, 0.29) is 12.0 Å². The summed E-state index contributed by atoms with van der Waals surface area (Å²) in [5.74, 6) is -1.30. The summed E-state index contributed by atoms with van der Waals surface area (Å²) in [5.41, 5.74) is 3.84. The average molecular weight is 333 g/mol. The van der Waals surface area contributed by atoms with Gasteiger partial charge in [0.15, 0.2) is 11.8 Å². The Labute approximate surface area is 138 Å². The van der Waals surface area contributed by atoms with Crippen molar-refractivity contribution >= 4 is 23.0 Å². The molecule has 2 aromatic rings. The normalized spacial score (nSPS) is 20.2. The first-order valence-electron chi connectivity index (χ1n) is 8.16. The molecule has 2 atom stereocenters. The number of nitrogens with zero attached hydrogens (tertiary/aromatic N) is 1. The molecule has 1 saturated heterocycles. The van der Waals surface area contributed by atoms with Crippen molar-refractivity contribution in [3.63, 3.8) is 0 Å². The van der Waals surface area contributed by atoms with E-state index in [1.807, 2.05) is 0 Å². The number of ether oxygens (including phenoxy) is 1. The van der Waals surface area contributed by atoms with Gasteiger partial charge in [0.1, 0.15) is 6.20 Å². The molecule has 0 aliphatic carbocycles. The molecule has 2 aromatic heterocycles. The molecule has 128 valence electrons. The van der Waals surface area contributed by atoms with Gasteiger partial charge in [0, 0.05) is 6.61 Å². The number of H-pyrrole nitrogens is 2. The number of hydroxylamine groups is 1. The highest BCUT2D eigenvalue weighted by atomic mass is 16.7. The number of aromatic nitrogens is 3. The number of carbonyl (C=O) groups is 2. The maximum atomic E-state index is 12.2. The first kappa shape index (κ1) is 16.4. The highest BCUT2D eigenvalue weighted by molar-refractivity contribution is 5.96. The Morgan fingerprint density at radius 1 is 1.54 bits per heavy atom. The topological polar surface area (TPSA) is 107 Å². The Morgan fingerprint density at radius 3 is 3.25 bits per heavy atom. The van der Waals surface area contributed by atoms with Crippen molar-refractivity contribution in [3.8, 4) is 0 Å². The molecule has 0 spiro atoms. The summed E-state index contributed by atoms with van der Waals surface area (Å²) in [5, 5.41) is 0. The average Bonchev–Trinajstić information content (AvgIpc) is 3.25. The van der Waals surface area contributed by atoms with Gasteiger partial charge in [-0.05, 0) is 18.9 Å². The van der Waals surface area contributed by atoms with Crippen molar-refractivity contribution in [1.29, 1.82) is 0 Å². The minimum atomic E-state index is -0.517. The van der Waals surface area contributed by atoms with Crippen molar-refractivity contribution in [2.75, 3.05) is 6.61 Å². The highest BCUT2D eigenvalue weighted by Crippen LogP contribution is 2.26. The van der Waals surface area contributed by atoms with E-state index >= 15 is 0 Å². The number of amides is 1. The molecule has 0 bridgehead atoms. The van der Waals surface area contributed by atoms with Gasteiger partial charge in [0.25, 0.3) is 11.6 Å². The van der Waals surface area contributed by atoms with Crippen LogP contribution in [0.25, 0.3) is 11.2 Å². The predicted octanol–water partition coefficient (Wildman–Crippen LogP) is 1.16. The van der Waals surface area contributed by atoms with Gasteiger partial charge in [-0.25, -0.2) is 9.78 Å². The van der Waals surface area contributed by atoms with Crippen LogP contribution in [0.3, 0.4) is 0 Å². The summed E-state index contributed by atoms with van der Waals surface area (Å²) >= 11 is 0. The standard InChI is InChI=1S/C16H20N4O4/c1-2-3-4-13-11(5-6-23-13)16(22)24-20-15(21)10-7-12-14(17-8-10)19-9-18-12/h7-9,11,13H,2-6H2,1H3,(H,20,21)(H,17,18,19)/p+1/t11-,13?/m0/s1. The Balaban J connectivity index is 1.56. The zero-order valence-electron chi connectivity index (χ0n) is 13.5. The van der Waals surface area contributed by atoms with Gasteiger partial charge in [-0.3, -0.25) is 9.78 Å². The number of hydrogen-bond donors (Lipinski definition) is 2. The molecule has 0 saturated carbocycles. The summed E-state index contributed by atoms with van der Waals surface area (Å²) in [4.78, 5) is 39.2. The lowest BCUT2D eigenvalue weighted by Crippen LogP contribution is -2.33. The summed E-state index contributed by atoms with van der Waals surface area (Å²) < 4.78 is 5.59. The van der Waals surface area contributed by atoms with Crippen LogP contribution in [0, 0.1) is 5.92 Å². The van der Waals surface area contributed by atoms with Crippen LogP contribution < -0.4 is 10.5 Å². The SMILES string of the molecule is CCCCC1OCC[C@@H]1C(=O)ONC(=O)c1cnc2[nH+]c[nH]c2c1. The first-order chi connectivity index (χ1) is 11.7. The van der Waals surface area contributed by atoms with Crippen molar-refractivity contribution in [1.82, 2.24) is 15.4 Å². The molecule has 1 aliphatic heterocycles. The van der Waals surface area contributed by atoms with Gasteiger partial charge < -0.3 is 9.57 Å². The lowest BCUT2D eigenvalue weighted by Gasteiger charge is -2.16. The van der Waals surface area contributed by atoms with Gasteiger partial charge in [0.2, 0.25) is 0 Å². The van der Waals surface area contributed by atoms with Crippen LogP contribution in [-0.4, -0.2) is 34.6 Å². The van der Waals surface area contributed by atoms with E-state index in [1.165, 1.54) is 6.20 Å². The number of hydrogen-bond acceptors (Lipinski definition) is 5. The van der Waals surface area contributed by atoms with Crippen molar-refractivity contribution in [2.45, 2.75) is 38.7 Å². The first-order valence-corrected chi connectivity index (χ1v) is 8.16. The van der Waals surface area contributed by atoms with Crippen LogP contribution in [0.4, 0.5) is 0 Å². The molecule has 24 heavy (non-hydrogen) atoms. The number of carbonyl (C=O) groups excluding carboxylic acids is 2. The summed E-state index contributed by atoms with van der Waals surface area (Å²) in [6.45, 7) is 2.64. The van der Waals surface area contributed by atoms with Gasteiger partial charge >= 0.3 is 5.97 Å². The minimum absolute atomic E-state index is 0.123. The molecule has 8 heteroatoms. The van der Waals surface area contributed by atoms with Gasteiger partial charge in [-0.1, -0.05) is 19.8 Å². The fourth-order valence-corrected chi connectivity index (χ4v) is 2.84. The van der Waals surface area contributed by atoms with Crippen molar-refractivity contribution in [3.05, 3.63) is 24.2 Å². The smallest absolute Gasteiger partial charge is 0.337 e. The molecule has 0 radical (unpaired) electrons. The van der Waals surface area contributed by atoms with Gasteiger partial charge in [-0.2, -0.15) is 5.48 Å². The van der Waals surface area contributed by atoms with E-state index in [4.69, 9.17) is 9.57 Å². The van der Waals surface area contributed by atoms with Gasteiger partial charge in [-0.15, -0.1) is 4.98 Å². The monoisotopic (exact) mass is 333 g/mol. The third-order valence-electron chi connectivity index (χ3n) is 4.19. The zero-order valence-corrected chi connectivity index (χ0v) is 13.5. The Bertz CT molecular complexity index is 730. The fraction of sp³-hybridized carbons (Fsp3) is 0.500. The molecular weight excluding hydrogens is 312 g/mol. The van der Waals surface area contributed by atoms with Crippen molar-refractivity contribution in [2.24, 2.45) is 5.92 Å². The molecule has 3 heterocycles. The summed E-state index contributed by atoms with van der Waals surface area (Å²) in [7, 11) is 0. The van der Waals surface area contributed by atoms with E-state index in [1.54, 1.807) is 12.4 Å². The van der Waals surface area contributed by atoms with E-state index in [0.29, 0.717) is 29.8 Å². The predicted molar refractivity (Wildman–Crippen MR) is 83.6 cm³/mol. The Hall–Kier alpha value is -2.48. The number of unbranched alkanes of at least 4 members (excludes halogenated alkanes) is 1. The highest BCUT2D eigenvalue weighted by Gasteiger charge is 2.35. The molecule has 3 rings (SSSR count). The minimum Gasteiger partial charge on any atom is -0.377 e. The molecular formula is C16H21N4O4+. The molecule has 1 unspecified atom stereocenters. The van der Waals surface area contributed by atoms with E-state index in [9.17, 15) is 9.59 Å². The number of rotatable bonds is 5. The van der Waals surface area contributed by atoms with Crippen LogP contribution in [0.5, 0.6) is 0 Å². The molecule has 1 amide bonds. The number of nitrogens with one attached hydrogen (secondary N) is 3. The number of pyridine rings is 1. The lowest BCUT2D eigenvalue weighted by molar-refractivity contribution is -0.347. The number of fused-ring (bicyclic) bond motifs is 1. The van der Waals surface area contributed by atoms with Crippen LogP contribution in [0.1, 0.15) is 43.0 Å². The fourth-order valence-electron chi connectivity index (χ4n) is 2.84. The quantitative estimate of drug-likeness (QED) is 0.798. The lowest BCUT2D eigenvalue weighted by atomic mass is 9.97. The van der Waals surface area contributed by atoms with E-state index in [2.05, 4.69) is 27.4 Å². The van der Waals surface area contributed by atoms with Crippen molar-refractivity contribution < 1.29 is 24.1 Å². The second kappa shape index (κ2) is 7.39.